The molecule has 3 aromatic rings. The van der Waals surface area contributed by atoms with Crippen molar-refractivity contribution in [2.45, 2.75) is 51.0 Å². The molecule has 6 nitrogen and oxygen atoms in total. The van der Waals surface area contributed by atoms with Gasteiger partial charge in [0.05, 0.1) is 16.8 Å². The van der Waals surface area contributed by atoms with E-state index in [1.807, 2.05) is 24.3 Å². The lowest BCUT2D eigenvalue weighted by Gasteiger charge is -2.24. The van der Waals surface area contributed by atoms with Crippen molar-refractivity contribution in [3.8, 4) is 11.3 Å². The monoisotopic (exact) mass is 473 g/mol. The van der Waals surface area contributed by atoms with Crippen molar-refractivity contribution in [1.29, 1.82) is 0 Å². The van der Waals surface area contributed by atoms with Crippen molar-refractivity contribution >= 4 is 22.8 Å². The Balaban J connectivity index is 1.58. The molecule has 2 fully saturated rings. The zero-order chi connectivity index (χ0) is 24.4. The smallest absolute Gasteiger partial charge is 0.335 e. The zero-order valence-electron chi connectivity index (χ0n) is 20.5. The van der Waals surface area contributed by atoms with Crippen LogP contribution in [0.2, 0.25) is 0 Å². The topological polar surface area (TPSA) is 74.6 Å². The largest absolute Gasteiger partial charge is 0.478 e. The quantitative estimate of drug-likeness (QED) is 0.499. The van der Waals surface area contributed by atoms with Crippen molar-refractivity contribution in [2.75, 3.05) is 26.7 Å². The number of hydrogen-bond donors (Lipinski definition) is 2. The molecule has 1 atom stereocenters. The van der Waals surface area contributed by atoms with Gasteiger partial charge in [0, 0.05) is 18.5 Å². The average molecular weight is 474 g/mol. The number of fused-ring (bicyclic) bond motifs is 1. The van der Waals surface area contributed by atoms with Gasteiger partial charge < -0.3 is 19.9 Å². The molecule has 0 radical (unpaired) electrons. The van der Waals surface area contributed by atoms with Gasteiger partial charge >= 0.3 is 5.97 Å². The van der Waals surface area contributed by atoms with Crippen LogP contribution in [-0.4, -0.2) is 53.1 Å². The van der Waals surface area contributed by atoms with Crippen LogP contribution >= 0.6 is 0 Å². The number of likely N-dealkylation sites (tertiary alicyclic amines) is 1. The standard InChI is InChI=1S/C29H35N3O3/c1-31-15-14-20(18-31)17-30-26(33)19-32-25-16-23(29(34)35)12-13-24(25)27(21-8-4-2-5-9-21)28(32)22-10-6-3-7-11-22/h3,6-7,10-13,16,20-21H,2,4-5,8-9,14-15,17-19H2,1H3,(H,30,33)(H,34,35). The first kappa shape index (κ1) is 23.6. The molecule has 0 bridgehead atoms. The van der Waals surface area contributed by atoms with E-state index in [9.17, 15) is 14.7 Å². The molecule has 1 saturated carbocycles. The van der Waals surface area contributed by atoms with Gasteiger partial charge in [-0.25, -0.2) is 4.79 Å². The maximum atomic E-state index is 13.2. The Labute approximate surface area is 206 Å². The Morgan fingerprint density at radius 1 is 1.03 bits per heavy atom. The van der Waals surface area contributed by atoms with E-state index in [-0.39, 0.29) is 18.0 Å². The number of hydrogen-bond acceptors (Lipinski definition) is 3. The molecule has 2 heterocycles. The Morgan fingerprint density at radius 2 is 1.80 bits per heavy atom. The van der Waals surface area contributed by atoms with Crippen LogP contribution in [0.3, 0.4) is 0 Å². The summed E-state index contributed by atoms with van der Waals surface area (Å²) in [7, 11) is 2.12. The minimum absolute atomic E-state index is 0.0236. The number of aromatic nitrogens is 1. The number of nitrogens with zero attached hydrogens (tertiary/aromatic N) is 2. The van der Waals surface area contributed by atoms with Crippen LogP contribution in [0.5, 0.6) is 0 Å². The number of nitrogens with one attached hydrogen (secondary N) is 1. The Morgan fingerprint density at radius 3 is 2.49 bits per heavy atom. The first-order chi connectivity index (χ1) is 17.0. The number of carboxylic acid groups (broad SMARTS) is 1. The van der Waals surface area contributed by atoms with Crippen molar-refractivity contribution < 1.29 is 14.7 Å². The minimum Gasteiger partial charge on any atom is -0.478 e. The van der Waals surface area contributed by atoms with E-state index < -0.39 is 5.97 Å². The molecule has 1 saturated heterocycles. The van der Waals surface area contributed by atoms with E-state index in [2.05, 4.69) is 34.0 Å². The van der Waals surface area contributed by atoms with Crippen LogP contribution in [0, 0.1) is 5.92 Å². The lowest BCUT2D eigenvalue weighted by Crippen LogP contribution is -2.33. The van der Waals surface area contributed by atoms with Crippen LogP contribution in [-0.2, 0) is 11.3 Å². The first-order valence-corrected chi connectivity index (χ1v) is 12.9. The highest BCUT2D eigenvalue weighted by molar-refractivity contribution is 5.99. The summed E-state index contributed by atoms with van der Waals surface area (Å²) in [6.07, 6.45) is 7.02. The third-order valence-corrected chi connectivity index (χ3v) is 7.79. The van der Waals surface area contributed by atoms with Crippen molar-refractivity contribution in [1.82, 2.24) is 14.8 Å². The number of aromatic carboxylic acids is 1. The molecule has 2 N–H and O–H groups in total. The maximum absolute atomic E-state index is 13.2. The van der Waals surface area contributed by atoms with Gasteiger partial charge in [0.15, 0.2) is 0 Å². The Hall–Kier alpha value is -3.12. The summed E-state index contributed by atoms with van der Waals surface area (Å²) in [5, 5.41) is 13.9. The van der Waals surface area contributed by atoms with E-state index in [0.717, 1.165) is 54.5 Å². The lowest BCUT2D eigenvalue weighted by atomic mass is 9.82. The first-order valence-electron chi connectivity index (χ1n) is 12.9. The van der Waals surface area contributed by atoms with E-state index in [0.29, 0.717) is 18.4 Å². The molecular formula is C29H35N3O3. The molecule has 1 aliphatic carbocycles. The van der Waals surface area contributed by atoms with Crippen LogP contribution in [0.25, 0.3) is 22.2 Å². The van der Waals surface area contributed by atoms with Gasteiger partial charge in [-0.2, -0.15) is 0 Å². The lowest BCUT2D eigenvalue weighted by molar-refractivity contribution is -0.121. The number of carbonyl (C=O) groups is 2. The predicted molar refractivity (Wildman–Crippen MR) is 139 cm³/mol. The molecule has 6 heteroatoms. The average Bonchev–Trinajstić information content (AvgIpc) is 3.44. The molecule has 1 aromatic heterocycles. The number of rotatable bonds is 7. The molecule has 184 valence electrons. The third-order valence-electron chi connectivity index (χ3n) is 7.79. The second-order valence-electron chi connectivity index (χ2n) is 10.3. The SMILES string of the molecule is CN1CCC(CNC(=O)Cn2c(-c3ccccc3)c(C3CCCCC3)c3ccc(C(=O)O)cc32)C1. The van der Waals surface area contributed by atoms with Crippen molar-refractivity contribution in [3.63, 3.8) is 0 Å². The van der Waals surface area contributed by atoms with Crippen LogP contribution in [0.1, 0.15) is 60.4 Å². The molecule has 1 amide bonds. The predicted octanol–water partition coefficient (Wildman–Crippen LogP) is 5.12. The fraction of sp³-hybridized carbons (Fsp3) is 0.448. The molecule has 2 aliphatic rings. The fourth-order valence-electron chi connectivity index (χ4n) is 6.04. The summed E-state index contributed by atoms with van der Waals surface area (Å²) in [6, 6.07) is 15.7. The second kappa shape index (κ2) is 10.2. The molecular weight excluding hydrogens is 438 g/mol. The number of carboxylic acids is 1. The molecule has 1 unspecified atom stereocenters. The van der Waals surface area contributed by atoms with Gasteiger partial charge in [0.1, 0.15) is 6.54 Å². The van der Waals surface area contributed by atoms with Crippen molar-refractivity contribution in [2.24, 2.45) is 5.92 Å². The fourth-order valence-corrected chi connectivity index (χ4v) is 6.04. The summed E-state index contributed by atoms with van der Waals surface area (Å²) in [5.41, 5.74) is 4.49. The summed E-state index contributed by atoms with van der Waals surface area (Å²) >= 11 is 0. The van der Waals surface area contributed by atoms with Gasteiger partial charge in [0.25, 0.3) is 0 Å². The van der Waals surface area contributed by atoms with Gasteiger partial charge in [-0.3, -0.25) is 4.79 Å². The summed E-state index contributed by atoms with van der Waals surface area (Å²) < 4.78 is 2.07. The van der Waals surface area contributed by atoms with Crippen LogP contribution < -0.4 is 5.32 Å². The molecule has 5 rings (SSSR count). The summed E-state index contributed by atoms with van der Waals surface area (Å²) in [6.45, 7) is 2.94. The van der Waals surface area contributed by atoms with Gasteiger partial charge in [-0.1, -0.05) is 55.7 Å². The molecule has 2 aromatic carbocycles. The van der Waals surface area contributed by atoms with E-state index in [4.69, 9.17) is 0 Å². The molecule has 1 aliphatic heterocycles. The zero-order valence-corrected chi connectivity index (χ0v) is 20.5. The van der Waals surface area contributed by atoms with E-state index >= 15 is 0 Å². The van der Waals surface area contributed by atoms with E-state index in [1.165, 1.54) is 24.8 Å². The highest BCUT2D eigenvalue weighted by atomic mass is 16.4. The normalized spacial score (nSPS) is 19.3. The Bertz CT molecular complexity index is 1210. The molecule has 0 spiro atoms. The maximum Gasteiger partial charge on any atom is 0.335 e. The Kier molecular flexibility index (Phi) is 6.91. The second-order valence-corrected chi connectivity index (χ2v) is 10.3. The van der Waals surface area contributed by atoms with Crippen molar-refractivity contribution in [3.05, 3.63) is 59.7 Å². The van der Waals surface area contributed by atoms with Gasteiger partial charge in [-0.05, 0) is 68.0 Å². The van der Waals surface area contributed by atoms with Gasteiger partial charge in [0.2, 0.25) is 5.91 Å². The van der Waals surface area contributed by atoms with E-state index in [1.54, 1.807) is 12.1 Å². The minimum atomic E-state index is -0.949. The number of amides is 1. The molecule has 35 heavy (non-hydrogen) atoms. The van der Waals surface area contributed by atoms with Crippen LogP contribution in [0.15, 0.2) is 48.5 Å². The van der Waals surface area contributed by atoms with Crippen LogP contribution in [0.4, 0.5) is 0 Å². The highest BCUT2D eigenvalue weighted by Gasteiger charge is 2.28. The summed E-state index contributed by atoms with van der Waals surface area (Å²) in [4.78, 5) is 27.3. The highest BCUT2D eigenvalue weighted by Crippen LogP contribution is 2.44. The number of benzene rings is 2. The van der Waals surface area contributed by atoms with Gasteiger partial charge in [-0.15, -0.1) is 0 Å². The third kappa shape index (κ3) is 4.98. The number of carbonyl (C=O) groups excluding carboxylic acids is 1. The summed E-state index contributed by atoms with van der Waals surface area (Å²) in [5.74, 6) is -0.0784.